The molecule has 3 rings (SSSR count). The number of rotatable bonds is 4. The molecule has 2 amide bonds. The molecule has 0 saturated carbocycles. The number of imide groups is 1. The van der Waals surface area contributed by atoms with E-state index in [-0.39, 0.29) is 18.2 Å². The summed E-state index contributed by atoms with van der Waals surface area (Å²) < 4.78 is 5.12. The number of aryl methyl sites for hydroxylation is 3. The van der Waals surface area contributed by atoms with Crippen molar-refractivity contribution in [3.63, 3.8) is 0 Å². The number of benzene rings is 2. The minimum absolute atomic E-state index is 0.150. The van der Waals surface area contributed by atoms with Gasteiger partial charge in [0, 0.05) is 5.69 Å². The molecule has 1 N–H and O–H groups in total. The first-order chi connectivity index (χ1) is 11.9. The van der Waals surface area contributed by atoms with Crippen LogP contribution in [0.3, 0.4) is 0 Å². The second kappa shape index (κ2) is 6.59. The fourth-order valence-electron chi connectivity index (χ4n) is 3.33. The van der Waals surface area contributed by atoms with Crippen molar-refractivity contribution in [1.82, 2.24) is 0 Å². The van der Waals surface area contributed by atoms with Gasteiger partial charge in [0.05, 0.1) is 19.2 Å². The van der Waals surface area contributed by atoms with Crippen molar-refractivity contribution >= 4 is 23.2 Å². The van der Waals surface area contributed by atoms with Crippen LogP contribution >= 0.6 is 0 Å². The molecule has 5 heteroatoms. The summed E-state index contributed by atoms with van der Waals surface area (Å²) in [6.45, 7) is 6.05. The highest BCUT2D eigenvalue weighted by atomic mass is 16.5. The van der Waals surface area contributed by atoms with Crippen molar-refractivity contribution < 1.29 is 14.3 Å². The van der Waals surface area contributed by atoms with Gasteiger partial charge in [-0.25, -0.2) is 4.90 Å². The van der Waals surface area contributed by atoms with Crippen molar-refractivity contribution in [2.75, 3.05) is 17.3 Å². The molecule has 1 heterocycles. The number of methoxy groups -OCH3 is 1. The van der Waals surface area contributed by atoms with Crippen LogP contribution in [0.1, 0.15) is 23.1 Å². The van der Waals surface area contributed by atoms with Gasteiger partial charge in [-0.2, -0.15) is 0 Å². The lowest BCUT2D eigenvalue weighted by molar-refractivity contribution is -0.121. The highest BCUT2D eigenvalue weighted by Crippen LogP contribution is 2.29. The molecule has 2 aromatic carbocycles. The maximum absolute atomic E-state index is 12.8. The van der Waals surface area contributed by atoms with Gasteiger partial charge in [0.25, 0.3) is 5.91 Å². The van der Waals surface area contributed by atoms with Gasteiger partial charge in [0.1, 0.15) is 11.8 Å². The van der Waals surface area contributed by atoms with E-state index in [1.165, 1.54) is 10.5 Å². The number of ether oxygens (including phenoxy) is 1. The Kier molecular flexibility index (Phi) is 4.49. The van der Waals surface area contributed by atoms with Crippen LogP contribution in [0.15, 0.2) is 36.4 Å². The first-order valence-corrected chi connectivity index (χ1v) is 8.26. The molecule has 2 aromatic rings. The third kappa shape index (κ3) is 3.22. The first kappa shape index (κ1) is 17.0. The second-order valence-electron chi connectivity index (χ2n) is 6.44. The van der Waals surface area contributed by atoms with E-state index in [4.69, 9.17) is 4.74 Å². The average molecular weight is 338 g/mol. The van der Waals surface area contributed by atoms with E-state index in [9.17, 15) is 9.59 Å². The monoisotopic (exact) mass is 338 g/mol. The predicted molar refractivity (Wildman–Crippen MR) is 98.2 cm³/mol. The molecule has 1 fully saturated rings. The smallest absolute Gasteiger partial charge is 0.256 e. The Hall–Kier alpha value is -2.82. The van der Waals surface area contributed by atoms with Gasteiger partial charge >= 0.3 is 0 Å². The minimum atomic E-state index is -0.547. The van der Waals surface area contributed by atoms with Crippen LogP contribution in [-0.2, 0) is 9.59 Å². The Morgan fingerprint density at radius 1 is 1.04 bits per heavy atom. The van der Waals surface area contributed by atoms with Crippen LogP contribution in [0.2, 0.25) is 0 Å². The van der Waals surface area contributed by atoms with Crippen molar-refractivity contribution in [2.45, 2.75) is 33.2 Å². The summed E-state index contributed by atoms with van der Waals surface area (Å²) in [5, 5.41) is 3.27. The highest BCUT2D eigenvalue weighted by molar-refractivity contribution is 6.23. The molecule has 1 saturated heterocycles. The lowest BCUT2D eigenvalue weighted by atomic mass is 10.0. The summed E-state index contributed by atoms with van der Waals surface area (Å²) in [5.41, 5.74) is 4.81. The largest absolute Gasteiger partial charge is 0.497 e. The van der Waals surface area contributed by atoms with E-state index in [0.717, 1.165) is 16.8 Å². The molecule has 5 nitrogen and oxygen atoms in total. The number of carbonyl (C=O) groups excluding carboxylic acids is 2. The number of carbonyl (C=O) groups is 2. The minimum Gasteiger partial charge on any atom is -0.497 e. The molecule has 25 heavy (non-hydrogen) atoms. The lowest BCUT2D eigenvalue weighted by Gasteiger charge is -2.19. The van der Waals surface area contributed by atoms with Gasteiger partial charge in [-0.3, -0.25) is 9.59 Å². The summed E-state index contributed by atoms with van der Waals surface area (Å²) in [5.74, 6) is 0.257. The first-order valence-electron chi connectivity index (χ1n) is 8.26. The molecule has 1 aliphatic rings. The number of amides is 2. The Morgan fingerprint density at radius 2 is 1.64 bits per heavy atom. The van der Waals surface area contributed by atoms with E-state index < -0.39 is 6.04 Å². The maximum atomic E-state index is 12.8. The summed E-state index contributed by atoms with van der Waals surface area (Å²) in [6, 6.07) is 10.5. The molecule has 0 aliphatic carbocycles. The molecular weight excluding hydrogens is 316 g/mol. The Balaban J connectivity index is 1.84. The van der Waals surface area contributed by atoms with Gasteiger partial charge in [-0.1, -0.05) is 17.7 Å². The Morgan fingerprint density at radius 3 is 2.20 bits per heavy atom. The van der Waals surface area contributed by atoms with Crippen LogP contribution in [0, 0.1) is 20.8 Å². The van der Waals surface area contributed by atoms with E-state index in [1.807, 2.05) is 20.8 Å². The van der Waals surface area contributed by atoms with Crippen LogP contribution in [0.5, 0.6) is 5.75 Å². The fraction of sp³-hybridized carbons (Fsp3) is 0.300. The molecule has 130 valence electrons. The Labute approximate surface area is 147 Å². The summed E-state index contributed by atoms with van der Waals surface area (Å²) >= 11 is 0. The van der Waals surface area contributed by atoms with Crippen LogP contribution in [0.25, 0.3) is 0 Å². The molecule has 1 atom stereocenters. The van der Waals surface area contributed by atoms with Crippen molar-refractivity contribution in [2.24, 2.45) is 0 Å². The molecule has 1 unspecified atom stereocenters. The summed E-state index contributed by atoms with van der Waals surface area (Å²) in [4.78, 5) is 26.4. The number of nitrogens with zero attached hydrogens (tertiary/aromatic N) is 1. The van der Waals surface area contributed by atoms with Crippen molar-refractivity contribution in [1.29, 1.82) is 0 Å². The Bertz CT molecular complexity index is 804. The summed E-state index contributed by atoms with van der Waals surface area (Å²) in [6.07, 6.45) is 0.150. The average Bonchev–Trinajstić information content (AvgIpc) is 2.85. The van der Waals surface area contributed by atoms with Gasteiger partial charge in [-0.05, 0) is 56.2 Å². The standard InChI is InChI=1S/C20H22N2O3/c1-12-9-13(2)19(14(3)10-12)21-17-11-18(23)22(20(17)24)15-5-7-16(25-4)8-6-15/h5-10,17,21H,11H2,1-4H3. The zero-order valence-electron chi connectivity index (χ0n) is 14.9. The predicted octanol–water partition coefficient (Wildman–Crippen LogP) is 3.36. The zero-order chi connectivity index (χ0) is 18.1. The third-order valence-electron chi connectivity index (χ3n) is 4.47. The van der Waals surface area contributed by atoms with E-state index in [0.29, 0.717) is 11.4 Å². The van der Waals surface area contributed by atoms with Crippen LogP contribution < -0.4 is 15.0 Å². The second-order valence-corrected chi connectivity index (χ2v) is 6.44. The highest BCUT2D eigenvalue weighted by Gasteiger charge is 2.39. The van der Waals surface area contributed by atoms with Crippen molar-refractivity contribution in [3.05, 3.63) is 53.1 Å². The van der Waals surface area contributed by atoms with Gasteiger partial charge < -0.3 is 10.1 Å². The normalized spacial score (nSPS) is 17.1. The number of anilines is 2. The van der Waals surface area contributed by atoms with Gasteiger partial charge in [0.2, 0.25) is 5.91 Å². The molecule has 0 bridgehead atoms. The molecule has 1 aliphatic heterocycles. The quantitative estimate of drug-likeness (QED) is 0.869. The lowest BCUT2D eigenvalue weighted by Crippen LogP contribution is -2.35. The van der Waals surface area contributed by atoms with Crippen molar-refractivity contribution in [3.8, 4) is 5.75 Å². The molecular formula is C20H22N2O3. The number of hydrogen-bond donors (Lipinski definition) is 1. The molecule has 0 radical (unpaired) electrons. The van der Waals surface area contributed by atoms with Crippen LogP contribution in [-0.4, -0.2) is 25.0 Å². The number of hydrogen-bond acceptors (Lipinski definition) is 4. The number of nitrogens with one attached hydrogen (secondary N) is 1. The topological polar surface area (TPSA) is 58.6 Å². The molecule has 0 spiro atoms. The SMILES string of the molecule is COc1ccc(N2C(=O)CC(Nc3c(C)cc(C)cc3C)C2=O)cc1. The molecule has 0 aromatic heterocycles. The fourth-order valence-corrected chi connectivity index (χ4v) is 3.33. The third-order valence-corrected chi connectivity index (χ3v) is 4.47. The van der Waals surface area contributed by atoms with Crippen LogP contribution in [0.4, 0.5) is 11.4 Å². The van der Waals surface area contributed by atoms with E-state index in [1.54, 1.807) is 31.4 Å². The van der Waals surface area contributed by atoms with E-state index in [2.05, 4.69) is 17.4 Å². The summed E-state index contributed by atoms with van der Waals surface area (Å²) in [7, 11) is 1.58. The van der Waals surface area contributed by atoms with E-state index >= 15 is 0 Å². The van der Waals surface area contributed by atoms with Gasteiger partial charge in [0.15, 0.2) is 0 Å². The maximum Gasteiger partial charge on any atom is 0.256 e. The van der Waals surface area contributed by atoms with Gasteiger partial charge in [-0.15, -0.1) is 0 Å². The zero-order valence-corrected chi connectivity index (χ0v) is 14.9.